The Balaban J connectivity index is 1.88. The van der Waals surface area contributed by atoms with Crippen molar-refractivity contribution in [3.05, 3.63) is 55.7 Å². The number of aromatic nitrogens is 4. The molecular weight excluding hydrogens is 366 g/mol. The second kappa shape index (κ2) is 6.88. The van der Waals surface area contributed by atoms with Crippen LogP contribution in [-0.4, -0.2) is 32.2 Å². The summed E-state index contributed by atoms with van der Waals surface area (Å²) in [6, 6.07) is 7.54. The van der Waals surface area contributed by atoms with Gasteiger partial charge in [0.15, 0.2) is 11.2 Å². The lowest BCUT2D eigenvalue weighted by molar-refractivity contribution is 0.432. The van der Waals surface area contributed by atoms with E-state index in [0.717, 1.165) is 37.4 Å². The fraction of sp³-hybridized carbons (Fsp3) is 0.421. The Morgan fingerprint density at radius 2 is 1.85 bits per heavy atom. The smallest absolute Gasteiger partial charge is 0.329 e. The first-order chi connectivity index (χ1) is 12.9. The molecule has 0 aliphatic carbocycles. The number of benzene rings is 1. The van der Waals surface area contributed by atoms with Gasteiger partial charge >= 0.3 is 5.69 Å². The van der Waals surface area contributed by atoms with E-state index in [1.165, 1.54) is 4.57 Å². The van der Waals surface area contributed by atoms with E-state index in [4.69, 9.17) is 16.6 Å². The van der Waals surface area contributed by atoms with Gasteiger partial charge in [0, 0.05) is 25.2 Å². The third-order valence-electron chi connectivity index (χ3n) is 5.31. The van der Waals surface area contributed by atoms with E-state index in [1.807, 2.05) is 28.8 Å². The number of rotatable bonds is 3. The first-order valence-electron chi connectivity index (χ1n) is 9.13. The largest absolute Gasteiger partial charge is 0.342 e. The highest BCUT2D eigenvalue weighted by atomic mass is 35.5. The van der Waals surface area contributed by atoms with Crippen LogP contribution >= 0.6 is 11.6 Å². The van der Waals surface area contributed by atoms with Crippen molar-refractivity contribution in [1.29, 1.82) is 0 Å². The van der Waals surface area contributed by atoms with Crippen LogP contribution in [0.4, 0.5) is 5.95 Å². The second-order valence-electron chi connectivity index (χ2n) is 7.28. The Bertz CT molecular complexity index is 1090. The van der Waals surface area contributed by atoms with Crippen molar-refractivity contribution in [3.63, 3.8) is 0 Å². The lowest BCUT2D eigenvalue weighted by Gasteiger charge is -2.31. The summed E-state index contributed by atoms with van der Waals surface area (Å²) in [7, 11) is 1.63. The molecule has 8 heteroatoms. The van der Waals surface area contributed by atoms with Crippen LogP contribution in [0.2, 0.25) is 5.02 Å². The number of anilines is 1. The molecule has 1 aliphatic rings. The molecule has 142 valence electrons. The third-order valence-corrected chi connectivity index (χ3v) is 5.56. The number of H-pyrrole nitrogens is 1. The van der Waals surface area contributed by atoms with Gasteiger partial charge in [-0.1, -0.05) is 30.7 Å². The van der Waals surface area contributed by atoms with Crippen molar-refractivity contribution in [1.82, 2.24) is 19.1 Å². The number of hydrogen-bond donors (Lipinski definition) is 1. The predicted octanol–water partition coefficient (Wildman–Crippen LogP) is 2.36. The zero-order valence-electron chi connectivity index (χ0n) is 15.4. The van der Waals surface area contributed by atoms with Gasteiger partial charge in [-0.2, -0.15) is 4.98 Å². The minimum atomic E-state index is -0.456. The molecule has 1 fully saturated rings. The van der Waals surface area contributed by atoms with E-state index in [9.17, 15) is 9.59 Å². The van der Waals surface area contributed by atoms with Crippen LogP contribution in [0.5, 0.6) is 0 Å². The lowest BCUT2D eigenvalue weighted by atomic mass is 10.00. The number of fused-ring (bicyclic) bond motifs is 1. The topological polar surface area (TPSA) is 75.9 Å². The molecule has 0 bridgehead atoms. The van der Waals surface area contributed by atoms with Crippen LogP contribution in [-0.2, 0) is 13.6 Å². The summed E-state index contributed by atoms with van der Waals surface area (Å²) in [5, 5.41) is 0.666. The standard InChI is InChI=1S/C19H22ClN5O2/c1-12-7-9-24(10-8-12)18-21-16-15(17(26)22-19(27)23(16)2)25(18)11-13-3-5-14(20)6-4-13/h3-6,12H,7-11H2,1-2H3,(H,22,26,27). The first-order valence-corrected chi connectivity index (χ1v) is 9.51. The van der Waals surface area contributed by atoms with Gasteiger partial charge in [-0.05, 0) is 36.5 Å². The van der Waals surface area contributed by atoms with Crippen molar-refractivity contribution in [2.45, 2.75) is 26.3 Å². The van der Waals surface area contributed by atoms with Gasteiger partial charge in [-0.25, -0.2) is 4.79 Å². The van der Waals surface area contributed by atoms with Crippen LogP contribution in [0.25, 0.3) is 11.2 Å². The molecule has 27 heavy (non-hydrogen) atoms. The minimum absolute atomic E-state index is 0.409. The van der Waals surface area contributed by atoms with Crippen LogP contribution in [0.15, 0.2) is 33.9 Å². The fourth-order valence-corrected chi connectivity index (χ4v) is 3.72. The highest BCUT2D eigenvalue weighted by Gasteiger charge is 2.24. The number of nitrogens with one attached hydrogen (secondary N) is 1. The van der Waals surface area contributed by atoms with Crippen molar-refractivity contribution >= 4 is 28.7 Å². The molecule has 0 saturated carbocycles. The number of hydrogen-bond acceptors (Lipinski definition) is 4. The van der Waals surface area contributed by atoms with Gasteiger partial charge in [-0.3, -0.25) is 18.9 Å². The fourth-order valence-electron chi connectivity index (χ4n) is 3.60. The van der Waals surface area contributed by atoms with E-state index in [1.54, 1.807) is 7.05 Å². The highest BCUT2D eigenvalue weighted by molar-refractivity contribution is 6.30. The van der Waals surface area contributed by atoms with E-state index in [0.29, 0.717) is 28.6 Å². The molecule has 0 atom stereocenters. The van der Waals surface area contributed by atoms with Gasteiger partial charge in [0.05, 0.1) is 6.54 Å². The van der Waals surface area contributed by atoms with E-state index < -0.39 is 11.2 Å². The highest BCUT2D eigenvalue weighted by Crippen LogP contribution is 2.26. The molecule has 3 heterocycles. The van der Waals surface area contributed by atoms with Crippen molar-refractivity contribution in [3.8, 4) is 0 Å². The van der Waals surface area contributed by atoms with E-state index in [-0.39, 0.29) is 0 Å². The third kappa shape index (κ3) is 3.27. The molecule has 0 radical (unpaired) electrons. The Labute approximate surface area is 161 Å². The Morgan fingerprint density at radius 1 is 1.19 bits per heavy atom. The van der Waals surface area contributed by atoms with Crippen LogP contribution < -0.4 is 16.1 Å². The van der Waals surface area contributed by atoms with Gasteiger partial charge in [0.25, 0.3) is 5.56 Å². The molecule has 4 rings (SSSR count). The maximum atomic E-state index is 12.6. The average Bonchev–Trinajstić information content (AvgIpc) is 3.02. The molecule has 0 amide bonds. The second-order valence-corrected chi connectivity index (χ2v) is 7.72. The lowest BCUT2D eigenvalue weighted by Crippen LogP contribution is -2.35. The number of piperidine rings is 1. The first kappa shape index (κ1) is 17.9. The molecule has 7 nitrogen and oxygen atoms in total. The molecule has 2 aromatic heterocycles. The molecule has 1 aliphatic heterocycles. The quantitative estimate of drug-likeness (QED) is 0.748. The maximum Gasteiger partial charge on any atom is 0.329 e. The molecule has 1 saturated heterocycles. The van der Waals surface area contributed by atoms with Crippen LogP contribution in [0, 0.1) is 5.92 Å². The average molecular weight is 388 g/mol. The van der Waals surface area contributed by atoms with E-state index in [2.05, 4.69) is 16.8 Å². The maximum absolute atomic E-state index is 12.6. The molecule has 0 spiro atoms. The monoisotopic (exact) mass is 387 g/mol. The number of aromatic amines is 1. The summed E-state index contributed by atoms with van der Waals surface area (Å²) in [6.45, 7) is 4.51. The molecular formula is C19H22ClN5O2. The summed E-state index contributed by atoms with van der Waals surface area (Å²) in [5.74, 6) is 1.42. The summed E-state index contributed by atoms with van der Waals surface area (Å²) < 4.78 is 3.30. The predicted molar refractivity (Wildman–Crippen MR) is 107 cm³/mol. The molecule has 0 unspecified atom stereocenters. The zero-order chi connectivity index (χ0) is 19.1. The van der Waals surface area contributed by atoms with Gasteiger partial charge in [0.1, 0.15) is 0 Å². The molecule has 3 aromatic rings. The Morgan fingerprint density at radius 3 is 2.52 bits per heavy atom. The minimum Gasteiger partial charge on any atom is -0.342 e. The summed E-state index contributed by atoms with van der Waals surface area (Å²) in [5.41, 5.74) is 0.972. The van der Waals surface area contributed by atoms with E-state index >= 15 is 0 Å². The summed E-state index contributed by atoms with van der Waals surface area (Å²) in [6.07, 6.45) is 2.17. The normalized spacial score (nSPS) is 15.6. The number of aryl methyl sites for hydroxylation is 1. The van der Waals surface area contributed by atoms with Crippen LogP contribution in [0.3, 0.4) is 0 Å². The molecule has 1 N–H and O–H groups in total. The summed E-state index contributed by atoms with van der Waals surface area (Å²) >= 11 is 6.00. The SMILES string of the molecule is CC1CCN(c2nc3c(c(=O)[nH]c(=O)n3C)n2Cc2ccc(Cl)cc2)CC1. The zero-order valence-corrected chi connectivity index (χ0v) is 16.2. The molecule has 1 aromatic carbocycles. The van der Waals surface area contributed by atoms with Gasteiger partial charge < -0.3 is 4.90 Å². The van der Waals surface area contributed by atoms with Crippen molar-refractivity contribution in [2.24, 2.45) is 13.0 Å². The number of nitrogens with zero attached hydrogens (tertiary/aromatic N) is 4. The van der Waals surface area contributed by atoms with Gasteiger partial charge in [0.2, 0.25) is 5.95 Å². The number of halogens is 1. The van der Waals surface area contributed by atoms with Crippen LogP contribution in [0.1, 0.15) is 25.3 Å². The Kier molecular flexibility index (Phi) is 4.55. The number of imidazole rings is 1. The summed E-state index contributed by atoms with van der Waals surface area (Å²) in [4.78, 5) is 33.9. The van der Waals surface area contributed by atoms with Gasteiger partial charge in [-0.15, -0.1) is 0 Å². The van der Waals surface area contributed by atoms with Crippen molar-refractivity contribution < 1.29 is 0 Å². The van der Waals surface area contributed by atoms with Crippen molar-refractivity contribution in [2.75, 3.05) is 18.0 Å². The Hall–Kier alpha value is -2.54.